The molecular formula is C16H17BrFNO. The maximum absolute atomic E-state index is 13.0. The molecule has 0 fully saturated rings. The molecule has 0 saturated carbocycles. The number of hydrogen-bond acceptors (Lipinski definition) is 2. The molecule has 2 N–H and O–H groups in total. The van der Waals surface area contributed by atoms with Crippen LogP contribution in [-0.4, -0.2) is 13.7 Å². The summed E-state index contributed by atoms with van der Waals surface area (Å²) in [6.07, 6.45) is 0.755. The van der Waals surface area contributed by atoms with Crippen LogP contribution in [0.25, 0.3) is 0 Å². The molecular weight excluding hydrogens is 321 g/mol. The Balaban J connectivity index is 2.26. The average Bonchev–Trinajstić information content (AvgIpc) is 2.46. The van der Waals surface area contributed by atoms with Gasteiger partial charge in [0.25, 0.3) is 0 Å². The molecule has 0 radical (unpaired) electrons. The van der Waals surface area contributed by atoms with Crippen molar-refractivity contribution >= 4 is 15.9 Å². The van der Waals surface area contributed by atoms with Gasteiger partial charge in [-0.2, -0.15) is 0 Å². The van der Waals surface area contributed by atoms with E-state index in [4.69, 9.17) is 10.5 Å². The van der Waals surface area contributed by atoms with E-state index in [1.54, 1.807) is 19.2 Å². The first kappa shape index (κ1) is 15.0. The smallest absolute Gasteiger partial charge is 0.123 e. The van der Waals surface area contributed by atoms with Gasteiger partial charge in [-0.05, 0) is 54.4 Å². The van der Waals surface area contributed by atoms with Gasteiger partial charge in [-0.15, -0.1) is 0 Å². The summed E-state index contributed by atoms with van der Waals surface area (Å²) in [5.74, 6) is 0.747. The molecule has 0 aliphatic carbocycles. The van der Waals surface area contributed by atoms with Crippen molar-refractivity contribution in [1.82, 2.24) is 0 Å². The van der Waals surface area contributed by atoms with Crippen LogP contribution in [0.4, 0.5) is 4.39 Å². The number of benzene rings is 2. The summed E-state index contributed by atoms with van der Waals surface area (Å²) in [5.41, 5.74) is 8.00. The van der Waals surface area contributed by atoms with E-state index in [0.717, 1.165) is 27.8 Å². The summed E-state index contributed by atoms with van der Waals surface area (Å²) >= 11 is 3.47. The fraction of sp³-hybridized carbons (Fsp3) is 0.250. The van der Waals surface area contributed by atoms with Gasteiger partial charge in [0.2, 0.25) is 0 Å². The first-order chi connectivity index (χ1) is 9.63. The van der Waals surface area contributed by atoms with Crippen LogP contribution in [0.2, 0.25) is 0 Å². The van der Waals surface area contributed by atoms with Crippen LogP contribution >= 0.6 is 15.9 Å². The molecule has 106 valence electrons. The molecule has 2 aromatic rings. The zero-order valence-electron chi connectivity index (χ0n) is 11.3. The second-order valence-electron chi connectivity index (χ2n) is 4.64. The summed E-state index contributed by atoms with van der Waals surface area (Å²) in [4.78, 5) is 0. The van der Waals surface area contributed by atoms with Crippen molar-refractivity contribution in [3.05, 3.63) is 63.9 Å². The quantitative estimate of drug-likeness (QED) is 0.898. The van der Waals surface area contributed by atoms with Crippen LogP contribution < -0.4 is 10.5 Å². The van der Waals surface area contributed by atoms with E-state index >= 15 is 0 Å². The van der Waals surface area contributed by atoms with E-state index in [2.05, 4.69) is 15.9 Å². The second kappa shape index (κ2) is 6.86. The summed E-state index contributed by atoms with van der Waals surface area (Å²) in [5, 5.41) is 0. The highest BCUT2D eigenvalue weighted by Crippen LogP contribution is 2.28. The Morgan fingerprint density at radius 1 is 1.20 bits per heavy atom. The number of ether oxygens (including phenoxy) is 1. The number of nitrogens with two attached hydrogens (primary N) is 1. The van der Waals surface area contributed by atoms with Gasteiger partial charge in [0.1, 0.15) is 11.6 Å². The lowest BCUT2D eigenvalue weighted by molar-refractivity contribution is 0.408. The monoisotopic (exact) mass is 337 g/mol. The SMILES string of the molecule is COc1ccc(Br)cc1CC(CN)c1ccc(F)cc1. The molecule has 1 unspecified atom stereocenters. The minimum Gasteiger partial charge on any atom is -0.496 e. The standard InChI is InChI=1S/C16H17BrFNO/c1-20-16-7-4-14(17)9-12(16)8-13(10-19)11-2-5-15(18)6-3-11/h2-7,9,13H,8,10,19H2,1H3. The summed E-state index contributed by atoms with van der Waals surface area (Å²) in [6.45, 7) is 0.501. The minimum atomic E-state index is -0.232. The molecule has 2 nitrogen and oxygen atoms in total. The molecule has 0 aromatic heterocycles. The van der Waals surface area contributed by atoms with Crippen molar-refractivity contribution in [3.8, 4) is 5.75 Å². The van der Waals surface area contributed by atoms with E-state index in [1.807, 2.05) is 18.2 Å². The van der Waals surface area contributed by atoms with Crippen LogP contribution in [0.1, 0.15) is 17.0 Å². The predicted molar refractivity (Wildman–Crippen MR) is 82.6 cm³/mol. The van der Waals surface area contributed by atoms with Crippen LogP contribution in [0, 0.1) is 5.82 Å². The zero-order chi connectivity index (χ0) is 14.5. The van der Waals surface area contributed by atoms with Crippen molar-refractivity contribution in [2.45, 2.75) is 12.3 Å². The molecule has 2 aromatic carbocycles. The lowest BCUT2D eigenvalue weighted by Crippen LogP contribution is -2.15. The van der Waals surface area contributed by atoms with E-state index < -0.39 is 0 Å². The third-order valence-corrected chi connectivity index (χ3v) is 3.83. The molecule has 20 heavy (non-hydrogen) atoms. The Bertz CT molecular complexity index is 571. The molecule has 0 bridgehead atoms. The number of methoxy groups -OCH3 is 1. The summed E-state index contributed by atoms with van der Waals surface area (Å²) in [6, 6.07) is 12.4. The maximum Gasteiger partial charge on any atom is 0.123 e. The highest BCUT2D eigenvalue weighted by molar-refractivity contribution is 9.10. The van der Waals surface area contributed by atoms with E-state index in [9.17, 15) is 4.39 Å². The van der Waals surface area contributed by atoms with Crippen LogP contribution in [-0.2, 0) is 6.42 Å². The van der Waals surface area contributed by atoms with Crippen molar-refractivity contribution in [3.63, 3.8) is 0 Å². The first-order valence-corrected chi connectivity index (χ1v) is 7.21. The third kappa shape index (κ3) is 3.58. The van der Waals surface area contributed by atoms with E-state index in [-0.39, 0.29) is 11.7 Å². The van der Waals surface area contributed by atoms with Gasteiger partial charge in [-0.25, -0.2) is 4.39 Å². The molecule has 1 atom stereocenters. The molecule has 0 amide bonds. The molecule has 0 saturated heterocycles. The molecule has 0 spiro atoms. The van der Waals surface area contributed by atoms with Crippen LogP contribution in [0.15, 0.2) is 46.9 Å². The predicted octanol–water partition coefficient (Wildman–Crippen LogP) is 3.88. The number of hydrogen-bond donors (Lipinski definition) is 1. The van der Waals surface area contributed by atoms with Crippen LogP contribution in [0.5, 0.6) is 5.75 Å². The fourth-order valence-corrected chi connectivity index (χ4v) is 2.65. The van der Waals surface area contributed by atoms with Crippen molar-refractivity contribution in [2.75, 3.05) is 13.7 Å². The number of rotatable bonds is 5. The Morgan fingerprint density at radius 3 is 2.50 bits per heavy atom. The van der Waals surface area contributed by atoms with E-state index in [0.29, 0.717) is 6.54 Å². The Labute approximate surface area is 126 Å². The first-order valence-electron chi connectivity index (χ1n) is 6.42. The highest BCUT2D eigenvalue weighted by atomic mass is 79.9. The third-order valence-electron chi connectivity index (χ3n) is 3.33. The van der Waals surface area contributed by atoms with Crippen LogP contribution in [0.3, 0.4) is 0 Å². The fourth-order valence-electron chi connectivity index (χ4n) is 2.24. The topological polar surface area (TPSA) is 35.2 Å². The molecule has 4 heteroatoms. The molecule has 0 aliphatic rings. The van der Waals surface area contributed by atoms with Gasteiger partial charge in [0, 0.05) is 10.4 Å². The molecule has 0 aliphatic heterocycles. The van der Waals surface area contributed by atoms with Gasteiger partial charge >= 0.3 is 0 Å². The number of halogens is 2. The van der Waals surface area contributed by atoms with Gasteiger partial charge in [0.15, 0.2) is 0 Å². The highest BCUT2D eigenvalue weighted by Gasteiger charge is 2.14. The van der Waals surface area contributed by atoms with Crippen molar-refractivity contribution < 1.29 is 9.13 Å². The minimum absolute atomic E-state index is 0.138. The van der Waals surface area contributed by atoms with Crippen molar-refractivity contribution in [2.24, 2.45) is 5.73 Å². The zero-order valence-corrected chi connectivity index (χ0v) is 12.9. The lowest BCUT2D eigenvalue weighted by Gasteiger charge is -2.17. The lowest BCUT2D eigenvalue weighted by atomic mass is 9.91. The van der Waals surface area contributed by atoms with E-state index in [1.165, 1.54) is 12.1 Å². The largest absolute Gasteiger partial charge is 0.496 e. The molecule has 0 heterocycles. The Morgan fingerprint density at radius 2 is 1.90 bits per heavy atom. The van der Waals surface area contributed by atoms with Crippen molar-refractivity contribution in [1.29, 1.82) is 0 Å². The van der Waals surface area contributed by atoms with Gasteiger partial charge in [-0.3, -0.25) is 0 Å². The van der Waals surface area contributed by atoms with Gasteiger partial charge in [0.05, 0.1) is 7.11 Å². The summed E-state index contributed by atoms with van der Waals surface area (Å²) < 4.78 is 19.4. The maximum atomic E-state index is 13.0. The Kier molecular flexibility index (Phi) is 5.15. The molecule has 2 rings (SSSR count). The summed E-state index contributed by atoms with van der Waals surface area (Å²) in [7, 11) is 1.65. The Hall–Kier alpha value is -1.39. The van der Waals surface area contributed by atoms with Gasteiger partial charge < -0.3 is 10.5 Å². The normalized spacial score (nSPS) is 12.2. The average molecular weight is 338 g/mol. The second-order valence-corrected chi connectivity index (χ2v) is 5.56. The van der Waals surface area contributed by atoms with Gasteiger partial charge in [-0.1, -0.05) is 28.1 Å².